The average Bonchev–Trinajstić information content (AvgIpc) is 1.53. The van der Waals surface area contributed by atoms with Crippen LogP contribution in [0.3, 0.4) is 0 Å². The summed E-state index contributed by atoms with van der Waals surface area (Å²) in [5, 5.41) is 9.25. The fourth-order valence-electron chi connectivity index (χ4n) is 19.9. The predicted octanol–water partition coefficient (Wildman–Crippen LogP) is 30.9. The molecular formula is C110H68N2O2S2. The molecule has 4 nitrogen and oxygen atoms in total. The topological polar surface area (TPSA) is 32.8 Å². The molecule has 4 aromatic heterocycles. The van der Waals surface area contributed by atoms with Gasteiger partial charge in [-0.25, -0.2) is 0 Å². The number of furan rings is 2. The van der Waals surface area contributed by atoms with Crippen LogP contribution >= 0.6 is 22.7 Å². The first-order valence-electron chi connectivity index (χ1n) is 39.7. The lowest BCUT2D eigenvalue weighted by Gasteiger charge is -2.35. The quantitative estimate of drug-likeness (QED) is 0.115. The van der Waals surface area contributed by atoms with E-state index in [1.165, 1.54) is 107 Å². The number of anilines is 6. The minimum Gasteiger partial charge on any atom is -0.455 e. The molecule has 18 aromatic carbocycles. The van der Waals surface area contributed by atoms with Gasteiger partial charge in [0.25, 0.3) is 0 Å². The monoisotopic (exact) mass is 1510 g/mol. The minimum absolute atomic E-state index is 0.591. The maximum absolute atomic E-state index is 7.15. The molecule has 0 saturated carbocycles. The number of para-hydroxylation sites is 3. The second-order valence-corrected chi connectivity index (χ2v) is 32.9. The zero-order valence-corrected chi connectivity index (χ0v) is 64.4. The summed E-state index contributed by atoms with van der Waals surface area (Å²) < 4.78 is 18.9. The minimum atomic E-state index is -0.628. The number of hydrogen-bond acceptors (Lipinski definition) is 6. The smallest absolute Gasteiger partial charge is 0.143 e. The molecule has 2 aliphatic carbocycles. The van der Waals surface area contributed by atoms with Gasteiger partial charge in [0, 0.05) is 86.4 Å². The summed E-state index contributed by atoms with van der Waals surface area (Å²) in [5.41, 5.74) is 29.8. The largest absolute Gasteiger partial charge is 0.455 e. The molecular weight excluding hydrogens is 1450 g/mol. The maximum atomic E-state index is 7.15. The van der Waals surface area contributed by atoms with Crippen LogP contribution < -0.4 is 9.80 Å². The predicted molar refractivity (Wildman–Crippen MR) is 487 cm³/mol. The van der Waals surface area contributed by atoms with Crippen LogP contribution in [0.1, 0.15) is 44.5 Å². The van der Waals surface area contributed by atoms with Crippen molar-refractivity contribution in [3.63, 3.8) is 0 Å². The zero-order valence-electron chi connectivity index (χ0n) is 62.8. The van der Waals surface area contributed by atoms with E-state index in [4.69, 9.17) is 8.83 Å². The standard InChI is InChI=1S/C110H68N2O2S2/c1-5-30-73(31-6-1)109(74-32-7-2-8-33-74)95-49-18-13-40-82(95)84-59-57-79(67-97(84)109)111(77-38-23-28-70(62-77)81-45-25-46-89-86-42-15-20-53-101(86)113-105(81)89)78-39-24-29-71(63-78)92-65-72(66-94-87-43-16-21-54-102(87)114-106(92)94)69-56-61-104-93(64-69)91-48-27-52-100(108(91)116-104)112(99-51-26-47-90-88-44-17-22-55-103(88)115-107(90)99)80-58-60-85-83-41-14-19-50-96(83)110(98(85)68-80,75-34-9-3-10-35-75)76-36-11-4-12-37-76/h1-68H. The van der Waals surface area contributed by atoms with Crippen molar-refractivity contribution in [2.75, 3.05) is 9.80 Å². The Bertz CT molecular complexity index is 7660. The number of fused-ring (bicyclic) bond motifs is 18. The van der Waals surface area contributed by atoms with Crippen molar-refractivity contribution < 1.29 is 8.83 Å². The van der Waals surface area contributed by atoms with Crippen LogP contribution in [0.25, 0.3) is 140 Å². The van der Waals surface area contributed by atoms with Crippen LogP contribution in [0.5, 0.6) is 0 Å². The molecule has 4 heterocycles. The summed E-state index contributed by atoms with van der Waals surface area (Å²) in [6.07, 6.45) is 0. The third kappa shape index (κ3) is 9.85. The first-order chi connectivity index (χ1) is 57.5. The molecule has 542 valence electrons. The molecule has 0 saturated heterocycles. The van der Waals surface area contributed by atoms with Gasteiger partial charge in [-0.05, 0) is 192 Å². The van der Waals surface area contributed by atoms with Gasteiger partial charge < -0.3 is 18.6 Å². The van der Waals surface area contributed by atoms with Gasteiger partial charge in [0.1, 0.15) is 22.3 Å². The Morgan fingerprint density at radius 3 is 1.17 bits per heavy atom. The first-order valence-corrected chi connectivity index (χ1v) is 41.4. The Morgan fingerprint density at radius 2 is 0.603 bits per heavy atom. The Hall–Kier alpha value is -14.4. The highest BCUT2D eigenvalue weighted by atomic mass is 32.1. The number of hydrogen-bond donors (Lipinski definition) is 0. The van der Waals surface area contributed by atoms with Crippen LogP contribution in [0.4, 0.5) is 34.1 Å². The van der Waals surface area contributed by atoms with Gasteiger partial charge in [-0.15, -0.1) is 22.7 Å². The van der Waals surface area contributed by atoms with E-state index in [-0.39, 0.29) is 0 Å². The van der Waals surface area contributed by atoms with Gasteiger partial charge in [0.15, 0.2) is 0 Å². The molecule has 0 atom stereocenters. The molecule has 0 amide bonds. The molecule has 0 N–H and O–H groups in total. The van der Waals surface area contributed by atoms with E-state index in [1.807, 2.05) is 28.7 Å². The molecule has 0 bridgehead atoms. The summed E-state index contributed by atoms with van der Waals surface area (Å²) >= 11 is 3.75. The Labute approximate surface area is 678 Å². The first kappa shape index (κ1) is 66.2. The van der Waals surface area contributed by atoms with Crippen LogP contribution in [0, 0.1) is 0 Å². The summed E-state index contributed by atoms with van der Waals surface area (Å²) in [5.74, 6) is 0. The number of thiophene rings is 2. The highest BCUT2D eigenvalue weighted by Gasteiger charge is 2.48. The highest BCUT2D eigenvalue weighted by Crippen LogP contribution is 2.61. The third-order valence-electron chi connectivity index (χ3n) is 24.8. The lowest BCUT2D eigenvalue weighted by molar-refractivity contribution is 0.669. The Balaban J connectivity index is 0.685. The van der Waals surface area contributed by atoms with Gasteiger partial charge in [0.2, 0.25) is 0 Å². The molecule has 0 spiro atoms. The molecule has 0 fully saturated rings. The van der Waals surface area contributed by atoms with E-state index in [1.54, 1.807) is 0 Å². The summed E-state index contributed by atoms with van der Waals surface area (Å²) in [6, 6.07) is 153. The maximum Gasteiger partial charge on any atom is 0.143 e. The van der Waals surface area contributed by atoms with Crippen molar-refractivity contribution in [1.82, 2.24) is 0 Å². The van der Waals surface area contributed by atoms with E-state index < -0.39 is 10.8 Å². The normalized spacial score (nSPS) is 13.1. The van der Waals surface area contributed by atoms with E-state index in [9.17, 15) is 0 Å². The summed E-state index contributed by atoms with van der Waals surface area (Å²) in [4.78, 5) is 5.03. The average molecular weight is 1510 g/mol. The van der Waals surface area contributed by atoms with E-state index in [0.717, 1.165) is 111 Å². The van der Waals surface area contributed by atoms with Crippen molar-refractivity contribution in [1.29, 1.82) is 0 Å². The van der Waals surface area contributed by atoms with Crippen molar-refractivity contribution in [2.45, 2.75) is 10.8 Å². The van der Waals surface area contributed by atoms with Crippen LogP contribution in [-0.4, -0.2) is 0 Å². The molecule has 2 aliphatic rings. The van der Waals surface area contributed by atoms with Crippen molar-refractivity contribution >= 4 is 141 Å². The van der Waals surface area contributed by atoms with Gasteiger partial charge >= 0.3 is 0 Å². The number of benzene rings is 18. The van der Waals surface area contributed by atoms with Crippen molar-refractivity contribution in [2.24, 2.45) is 0 Å². The molecule has 6 heteroatoms. The summed E-state index contributed by atoms with van der Waals surface area (Å²) in [6.45, 7) is 0. The van der Waals surface area contributed by atoms with E-state index in [2.05, 4.69) is 416 Å². The third-order valence-corrected chi connectivity index (χ3v) is 27.2. The van der Waals surface area contributed by atoms with E-state index >= 15 is 0 Å². The van der Waals surface area contributed by atoms with Crippen molar-refractivity contribution in [3.05, 3.63) is 457 Å². The lowest BCUT2D eigenvalue weighted by atomic mass is 9.67. The number of rotatable bonds is 13. The SMILES string of the molecule is c1ccc(C2(c3ccccc3)c3ccccc3-c3ccc(N(c4cccc(-c5cccc6c5oc5ccccc56)c4)c4cccc(-c5cc(-c6ccc7sc8c(N(c9ccc%10c(c9)C(c9ccccc9)(c9ccccc9)c9ccccc9-%10)c9cccc%10c9sc9ccccc9%10)cccc8c7c6)cc6c5oc5ccccc56)c4)cc32)cc1. The van der Waals surface area contributed by atoms with Crippen LogP contribution in [-0.2, 0) is 10.8 Å². The fraction of sp³-hybridized carbons (Fsp3) is 0.0182. The van der Waals surface area contributed by atoms with Crippen LogP contribution in [0.15, 0.2) is 421 Å². The molecule has 24 rings (SSSR count). The molecule has 0 radical (unpaired) electrons. The Kier molecular flexibility index (Phi) is 14.9. The van der Waals surface area contributed by atoms with Crippen molar-refractivity contribution in [3.8, 4) is 55.6 Å². The number of nitrogens with zero attached hydrogens (tertiary/aromatic N) is 2. The van der Waals surface area contributed by atoms with Gasteiger partial charge in [0.05, 0.1) is 31.6 Å². The van der Waals surface area contributed by atoms with Gasteiger partial charge in [-0.2, -0.15) is 0 Å². The molecule has 116 heavy (non-hydrogen) atoms. The second kappa shape index (κ2) is 26.1. The van der Waals surface area contributed by atoms with Gasteiger partial charge in [-0.3, -0.25) is 0 Å². The van der Waals surface area contributed by atoms with E-state index in [0.29, 0.717) is 0 Å². The molecule has 0 aliphatic heterocycles. The van der Waals surface area contributed by atoms with Gasteiger partial charge in [-0.1, -0.05) is 309 Å². The molecule has 22 aromatic rings. The second-order valence-electron chi connectivity index (χ2n) is 30.8. The highest BCUT2D eigenvalue weighted by molar-refractivity contribution is 7.27. The molecule has 0 unspecified atom stereocenters. The lowest BCUT2D eigenvalue weighted by Crippen LogP contribution is -2.28. The zero-order chi connectivity index (χ0) is 76.2. The summed E-state index contributed by atoms with van der Waals surface area (Å²) in [7, 11) is 0. The van der Waals surface area contributed by atoms with Crippen LogP contribution in [0.2, 0.25) is 0 Å². The Morgan fingerprint density at radius 1 is 0.207 bits per heavy atom. The fourth-order valence-corrected chi connectivity index (χ4v) is 22.2.